The molecule has 0 fully saturated rings. The number of amides is 2. The highest BCUT2D eigenvalue weighted by Gasteiger charge is 2.24. The number of ether oxygens (including phenoxy) is 2. The van der Waals surface area contributed by atoms with E-state index in [-0.39, 0.29) is 0 Å². The van der Waals surface area contributed by atoms with Gasteiger partial charge in [0, 0.05) is 12.0 Å². The van der Waals surface area contributed by atoms with Crippen molar-refractivity contribution in [2.24, 2.45) is 0 Å². The van der Waals surface area contributed by atoms with E-state index in [0.29, 0.717) is 33.6 Å². The standard InChI is InChI=1S/C26H24N4O4S/c1-33-19-12-8-11-18(16-19)25-29-30-26(35-25)28-24(32)21(15-17-9-4-3-5-10-17)27-23(31)20-13-6-7-14-22(20)34-2/h3-14,16,21H,15H2,1-2H3,(H,27,31)(H,28,30,32). The number of nitrogens with zero attached hydrogens (tertiary/aromatic N) is 2. The van der Waals surface area contributed by atoms with Crippen molar-refractivity contribution in [2.75, 3.05) is 19.5 Å². The average molecular weight is 489 g/mol. The molecular weight excluding hydrogens is 464 g/mol. The Bertz CT molecular complexity index is 1310. The van der Waals surface area contributed by atoms with Crippen LogP contribution in [0.15, 0.2) is 78.9 Å². The first-order valence-corrected chi connectivity index (χ1v) is 11.7. The van der Waals surface area contributed by atoms with Crippen LogP contribution in [0.4, 0.5) is 5.13 Å². The lowest BCUT2D eigenvalue weighted by molar-refractivity contribution is -0.118. The molecule has 4 rings (SSSR count). The Morgan fingerprint density at radius 2 is 1.69 bits per heavy atom. The van der Waals surface area contributed by atoms with Crippen molar-refractivity contribution in [3.05, 3.63) is 90.0 Å². The Labute approximate surface area is 206 Å². The average Bonchev–Trinajstić information content (AvgIpc) is 3.37. The molecule has 8 nitrogen and oxygen atoms in total. The molecule has 1 heterocycles. The molecule has 1 aromatic heterocycles. The Morgan fingerprint density at radius 1 is 0.914 bits per heavy atom. The first kappa shape index (κ1) is 23.9. The molecule has 35 heavy (non-hydrogen) atoms. The summed E-state index contributed by atoms with van der Waals surface area (Å²) in [6, 6.07) is 22.9. The van der Waals surface area contributed by atoms with Crippen molar-refractivity contribution in [1.82, 2.24) is 15.5 Å². The predicted octanol–water partition coefficient (Wildman–Crippen LogP) is 4.20. The minimum absolute atomic E-state index is 0.301. The predicted molar refractivity (Wildman–Crippen MR) is 135 cm³/mol. The second-order valence-electron chi connectivity index (χ2n) is 7.55. The van der Waals surface area contributed by atoms with Crippen LogP contribution in [-0.2, 0) is 11.2 Å². The van der Waals surface area contributed by atoms with Crippen LogP contribution < -0.4 is 20.1 Å². The molecular formula is C26H24N4O4S. The van der Waals surface area contributed by atoms with Crippen LogP contribution in [0.25, 0.3) is 10.6 Å². The van der Waals surface area contributed by atoms with Crippen molar-refractivity contribution in [1.29, 1.82) is 0 Å². The Kier molecular flexibility index (Phi) is 7.69. The van der Waals surface area contributed by atoms with Gasteiger partial charge in [-0.2, -0.15) is 0 Å². The largest absolute Gasteiger partial charge is 0.497 e. The number of carbonyl (C=O) groups is 2. The van der Waals surface area contributed by atoms with E-state index in [1.54, 1.807) is 31.4 Å². The summed E-state index contributed by atoms with van der Waals surface area (Å²) in [6.07, 6.45) is 0.301. The second kappa shape index (κ2) is 11.3. The number of aromatic nitrogens is 2. The first-order valence-electron chi connectivity index (χ1n) is 10.8. The van der Waals surface area contributed by atoms with Crippen LogP contribution in [0.1, 0.15) is 15.9 Å². The Hall–Kier alpha value is -4.24. The zero-order valence-corrected chi connectivity index (χ0v) is 20.0. The van der Waals surface area contributed by atoms with Gasteiger partial charge in [-0.15, -0.1) is 10.2 Å². The molecule has 9 heteroatoms. The second-order valence-corrected chi connectivity index (χ2v) is 8.53. The number of carbonyl (C=O) groups excluding carboxylic acids is 2. The van der Waals surface area contributed by atoms with Gasteiger partial charge in [0.05, 0.1) is 19.8 Å². The maximum absolute atomic E-state index is 13.2. The number of para-hydroxylation sites is 1. The summed E-state index contributed by atoms with van der Waals surface area (Å²) in [4.78, 5) is 26.3. The van der Waals surface area contributed by atoms with Crippen LogP contribution in [0, 0.1) is 0 Å². The van der Waals surface area contributed by atoms with E-state index >= 15 is 0 Å². The summed E-state index contributed by atoms with van der Waals surface area (Å²) in [7, 11) is 3.09. The SMILES string of the molecule is COc1cccc(-c2nnc(NC(=O)C(Cc3ccccc3)NC(=O)c3ccccc3OC)s2)c1. The zero-order chi connectivity index (χ0) is 24.6. The summed E-state index contributed by atoms with van der Waals surface area (Å²) in [6.45, 7) is 0. The number of nitrogens with one attached hydrogen (secondary N) is 2. The minimum Gasteiger partial charge on any atom is -0.497 e. The number of hydrogen-bond acceptors (Lipinski definition) is 7. The lowest BCUT2D eigenvalue weighted by Crippen LogP contribution is -2.45. The minimum atomic E-state index is -0.848. The maximum atomic E-state index is 13.2. The van der Waals surface area contributed by atoms with E-state index < -0.39 is 17.9 Å². The number of benzene rings is 3. The molecule has 0 saturated carbocycles. The Morgan fingerprint density at radius 3 is 2.46 bits per heavy atom. The molecule has 0 radical (unpaired) electrons. The van der Waals surface area contributed by atoms with Gasteiger partial charge in [-0.25, -0.2) is 0 Å². The first-order chi connectivity index (χ1) is 17.1. The van der Waals surface area contributed by atoms with Crippen molar-refractivity contribution in [3.8, 4) is 22.1 Å². The summed E-state index contributed by atoms with van der Waals surface area (Å²) >= 11 is 1.24. The number of anilines is 1. The van der Waals surface area contributed by atoms with Gasteiger partial charge in [0.15, 0.2) is 0 Å². The summed E-state index contributed by atoms with van der Waals surface area (Å²) in [5.74, 6) is 0.319. The highest BCUT2D eigenvalue weighted by molar-refractivity contribution is 7.18. The lowest BCUT2D eigenvalue weighted by Gasteiger charge is -2.18. The van der Waals surface area contributed by atoms with Gasteiger partial charge in [0.2, 0.25) is 11.0 Å². The molecule has 4 aromatic rings. The Balaban J connectivity index is 1.53. The summed E-state index contributed by atoms with van der Waals surface area (Å²) in [5.41, 5.74) is 2.08. The monoisotopic (exact) mass is 488 g/mol. The van der Waals surface area contributed by atoms with Crippen molar-refractivity contribution < 1.29 is 19.1 Å². The van der Waals surface area contributed by atoms with Crippen LogP contribution in [0.5, 0.6) is 11.5 Å². The molecule has 178 valence electrons. The molecule has 0 aliphatic heterocycles. The molecule has 0 aliphatic rings. The molecule has 0 bridgehead atoms. The van der Waals surface area contributed by atoms with Crippen molar-refractivity contribution >= 4 is 28.3 Å². The fourth-order valence-electron chi connectivity index (χ4n) is 3.47. The highest BCUT2D eigenvalue weighted by atomic mass is 32.1. The highest BCUT2D eigenvalue weighted by Crippen LogP contribution is 2.29. The van der Waals surface area contributed by atoms with Crippen LogP contribution in [-0.4, -0.2) is 42.3 Å². The molecule has 0 spiro atoms. The van der Waals surface area contributed by atoms with E-state index in [1.165, 1.54) is 18.4 Å². The number of rotatable bonds is 9. The number of hydrogen-bond donors (Lipinski definition) is 2. The fraction of sp³-hybridized carbons (Fsp3) is 0.154. The third kappa shape index (κ3) is 6.01. The van der Waals surface area contributed by atoms with Crippen LogP contribution in [0.2, 0.25) is 0 Å². The van der Waals surface area contributed by atoms with Crippen LogP contribution >= 0.6 is 11.3 Å². The van der Waals surface area contributed by atoms with E-state index in [0.717, 1.165) is 11.1 Å². The smallest absolute Gasteiger partial charge is 0.255 e. The van der Waals surface area contributed by atoms with Gasteiger partial charge < -0.3 is 14.8 Å². The van der Waals surface area contributed by atoms with Gasteiger partial charge >= 0.3 is 0 Å². The van der Waals surface area contributed by atoms with Gasteiger partial charge in [-0.3, -0.25) is 14.9 Å². The van der Waals surface area contributed by atoms with Gasteiger partial charge in [0.25, 0.3) is 5.91 Å². The normalized spacial score (nSPS) is 11.4. The number of methoxy groups -OCH3 is 2. The molecule has 3 aromatic carbocycles. The third-order valence-corrected chi connectivity index (χ3v) is 6.12. The van der Waals surface area contributed by atoms with Gasteiger partial charge in [-0.05, 0) is 29.8 Å². The van der Waals surface area contributed by atoms with E-state index in [2.05, 4.69) is 20.8 Å². The quantitative estimate of drug-likeness (QED) is 0.366. The fourth-order valence-corrected chi connectivity index (χ4v) is 4.21. The third-order valence-electron chi connectivity index (χ3n) is 5.23. The molecule has 0 saturated heterocycles. The van der Waals surface area contributed by atoms with Gasteiger partial charge in [0.1, 0.15) is 22.5 Å². The molecule has 2 N–H and O–H groups in total. The summed E-state index contributed by atoms with van der Waals surface area (Å²) < 4.78 is 10.6. The molecule has 1 unspecified atom stereocenters. The van der Waals surface area contributed by atoms with Crippen molar-refractivity contribution in [3.63, 3.8) is 0 Å². The molecule has 2 amide bonds. The van der Waals surface area contributed by atoms with Crippen LogP contribution in [0.3, 0.4) is 0 Å². The lowest BCUT2D eigenvalue weighted by atomic mass is 10.0. The molecule has 1 atom stereocenters. The van der Waals surface area contributed by atoms with E-state index in [9.17, 15) is 9.59 Å². The van der Waals surface area contributed by atoms with Crippen molar-refractivity contribution in [2.45, 2.75) is 12.5 Å². The molecule has 0 aliphatic carbocycles. The maximum Gasteiger partial charge on any atom is 0.255 e. The topological polar surface area (TPSA) is 102 Å². The van der Waals surface area contributed by atoms with E-state index in [4.69, 9.17) is 9.47 Å². The summed E-state index contributed by atoms with van der Waals surface area (Å²) in [5, 5.41) is 14.9. The zero-order valence-electron chi connectivity index (χ0n) is 19.2. The van der Waals surface area contributed by atoms with E-state index in [1.807, 2.05) is 54.6 Å². The van der Waals surface area contributed by atoms with Gasteiger partial charge in [-0.1, -0.05) is 65.9 Å².